The van der Waals surface area contributed by atoms with Gasteiger partial charge in [-0.15, -0.1) is 11.3 Å². The molecule has 4 aromatic rings. The molecule has 4 heterocycles. The van der Waals surface area contributed by atoms with E-state index in [0.29, 0.717) is 43.9 Å². The lowest BCUT2D eigenvalue weighted by molar-refractivity contribution is -0.445. The molecule has 8 heteroatoms. The number of thiophene rings is 1. The maximum absolute atomic E-state index is 13.9. The summed E-state index contributed by atoms with van der Waals surface area (Å²) in [6.45, 7) is 0.0755. The van der Waals surface area contributed by atoms with Crippen molar-refractivity contribution in [2.75, 3.05) is 13.3 Å². The fourth-order valence-corrected chi connectivity index (χ4v) is 5.21. The standard InChI is InChI=1S/C22H14FN2O4S/c1-24-7-14(12-5-18-19(6-17(12)24)29-10-28-18)21-15(8-25(27)22(21)26)16-9-30-20-3-2-11(23)4-13(16)20/h2-7,9H,8,10H2,1H3/q+1. The summed E-state index contributed by atoms with van der Waals surface area (Å²) in [6.07, 6.45) is 1.83. The van der Waals surface area contributed by atoms with E-state index in [2.05, 4.69) is 0 Å². The number of rotatable bonds is 2. The predicted octanol–water partition coefficient (Wildman–Crippen LogP) is 4.49. The molecule has 0 atom stereocenters. The van der Waals surface area contributed by atoms with Crippen molar-refractivity contribution < 1.29 is 23.4 Å². The molecular weight excluding hydrogens is 407 g/mol. The number of hydrogen-bond donors (Lipinski definition) is 0. The molecule has 2 aromatic heterocycles. The minimum absolute atomic E-state index is 0.0720. The third-order valence-electron chi connectivity index (χ3n) is 5.66. The zero-order valence-electron chi connectivity index (χ0n) is 15.8. The largest absolute Gasteiger partial charge is 0.466 e. The highest BCUT2D eigenvalue weighted by Crippen LogP contribution is 2.43. The van der Waals surface area contributed by atoms with Crippen LogP contribution in [0.2, 0.25) is 0 Å². The number of aromatic nitrogens is 1. The molecule has 0 saturated heterocycles. The number of benzene rings is 2. The first-order valence-electron chi connectivity index (χ1n) is 9.29. The molecule has 2 aromatic carbocycles. The van der Waals surface area contributed by atoms with Gasteiger partial charge in [-0.25, -0.2) is 9.18 Å². The van der Waals surface area contributed by atoms with Crippen LogP contribution in [0.1, 0.15) is 11.1 Å². The Hall–Kier alpha value is -3.52. The van der Waals surface area contributed by atoms with E-state index in [-0.39, 0.29) is 19.2 Å². The number of aryl methyl sites for hydroxylation is 1. The Bertz CT molecular complexity index is 1460. The van der Waals surface area contributed by atoms with Crippen LogP contribution in [0, 0.1) is 10.7 Å². The van der Waals surface area contributed by atoms with Crippen LogP contribution in [0.5, 0.6) is 11.5 Å². The Labute approximate surface area is 173 Å². The minimum atomic E-state index is -0.592. The van der Waals surface area contributed by atoms with Gasteiger partial charge in [0.25, 0.3) is 0 Å². The summed E-state index contributed by atoms with van der Waals surface area (Å²) in [5.74, 6) is 0.299. The Morgan fingerprint density at radius 1 is 1.10 bits per heavy atom. The molecule has 0 radical (unpaired) electrons. The molecule has 2 aliphatic rings. The molecule has 0 unspecified atom stereocenters. The Balaban J connectivity index is 1.65. The van der Waals surface area contributed by atoms with Crippen LogP contribution in [-0.2, 0) is 11.8 Å². The van der Waals surface area contributed by atoms with Crippen molar-refractivity contribution in [3.8, 4) is 11.5 Å². The number of carbonyl (C=O) groups is 1. The second-order valence-corrected chi connectivity index (χ2v) is 8.27. The number of carbonyl (C=O) groups excluding carboxylic acids is 1. The highest BCUT2D eigenvalue weighted by Gasteiger charge is 2.42. The van der Waals surface area contributed by atoms with Gasteiger partial charge >= 0.3 is 5.91 Å². The van der Waals surface area contributed by atoms with Gasteiger partial charge in [-0.05, 0) is 29.6 Å². The highest BCUT2D eigenvalue weighted by molar-refractivity contribution is 7.17. The molecular formula is C22H14FN2O4S+. The van der Waals surface area contributed by atoms with Crippen molar-refractivity contribution in [1.29, 1.82) is 0 Å². The van der Waals surface area contributed by atoms with E-state index in [1.807, 2.05) is 35.3 Å². The molecule has 0 aliphatic carbocycles. The molecule has 2 aliphatic heterocycles. The summed E-state index contributed by atoms with van der Waals surface area (Å²) in [6, 6.07) is 8.27. The predicted molar refractivity (Wildman–Crippen MR) is 111 cm³/mol. The molecule has 1 amide bonds. The number of ether oxygens (including phenoxy) is 2. The number of nitrogens with zero attached hydrogens (tertiary/aromatic N) is 2. The summed E-state index contributed by atoms with van der Waals surface area (Å²) in [4.78, 5) is 25.3. The molecule has 0 spiro atoms. The van der Waals surface area contributed by atoms with E-state index in [4.69, 9.17) is 9.47 Å². The molecule has 0 N–H and O–H groups in total. The lowest BCUT2D eigenvalue weighted by Gasteiger charge is -2.02. The molecule has 30 heavy (non-hydrogen) atoms. The highest BCUT2D eigenvalue weighted by atomic mass is 32.1. The monoisotopic (exact) mass is 421 g/mol. The smallest absolute Gasteiger partial charge is 0.454 e. The fraction of sp³-hybridized carbons (Fsp3) is 0.136. The van der Waals surface area contributed by atoms with E-state index in [0.717, 1.165) is 15.6 Å². The molecule has 6 rings (SSSR count). The summed E-state index contributed by atoms with van der Waals surface area (Å²) in [7, 11) is 1.87. The average Bonchev–Trinajstić information content (AvgIpc) is 3.47. The third-order valence-corrected chi connectivity index (χ3v) is 6.62. The number of amides is 1. The van der Waals surface area contributed by atoms with Gasteiger partial charge in [-0.1, -0.05) is 0 Å². The minimum Gasteiger partial charge on any atom is -0.454 e. The van der Waals surface area contributed by atoms with E-state index in [1.54, 1.807) is 6.07 Å². The maximum Gasteiger partial charge on any atom is 0.466 e. The fourth-order valence-electron chi connectivity index (χ4n) is 4.25. The second-order valence-electron chi connectivity index (χ2n) is 7.36. The number of halogens is 1. The lowest BCUT2D eigenvalue weighted by Crippen LogP contribution is -2.11. The topological polar surface area (TPSA) is 60.5 Å². The number of fused-ring (bicyclic) bond motifs is 3. The normalized spacial score (nSPS) is 15.9. The summed E-state index contributed by atoms with van der Waals surface area (Å²) in [5.41, 5.74) is 3.18. The lowest BCUT2D eigenvalue weighted by atomic mass is 9.96. The van der Waals surface area contributed by atoms with E-state index < -0.39 is 5.91 Å². The van der Waals surface area contributed by atoms with Gasteiger partial charge in [0.05, 0.1) is 10.3 Å². The second kappa shape index (κ2) is 5.99. The van der Waals surface area contributed by atoms with Crippen molar-refractivity contribution >= 4 is 49.4 Å². The van der Waals surface area contributed by atoms with Gasteiger partial charge in [-0.2, -0.15) is 0 Å². The molecule has 0 fully saturated rings. The van der Waals surface area contributed by atoms with Crippen molar-refractivity contribution in [3.63, 3.8) is 0 Å². The van der Waals surface area contributed by atoms with Gasteiger partial charge < -0.3 is 14.0 Å². The molecule has 0 bridgehead atoms. The van der Waals surface area contributed by atoms with E-state index >= 15 is 0 Å². The average molecular weight is 421 g/mol. The van der Waals surface area contributed by atoms with Gasteiger partial charge in [0, 0.05) is 56.4 Å². The Morgan fingerprint density at radius 3 is 2.73 bits per heavy atom. The van der Waals surface area contributed by atoms with Crippen LogP contribution in [-0.4, -0.2) is 28.6 Å². The van der Waals surface area contributed by atoms with Gasteiger partial charge in [-0.3, -0.25) is 0 Å². The van der Waals surface area contributed by atoms with Crippen LogP contribution in [0.25, 0.3) is 32.1 Å². The van der Waals surface area contributed by atoms with Crippen molar-refractivity contribution in [2.45, 2.75) is 0 Å². The Morgan fingerprint density at radius 2 is 1.90 bits per heavy atom. The molecule has 0 saturated carbocycles. The summed E-state index contributed by atoms with van der Waals surface area (Å²) in [5, 5.41) is 3.38. The summed E-state index contributed by atoms with van der Waals surface area (Å²) >= 11 is 1.46. The van der Waals surface area contributed by atoms with Crippen molar-refractivity contribution in [2.24, 2.45) is 7.05 Å². The zero-order valence-corrected chi connectivity index (χ0v) is 16.6. The Kier molecular flexibility index (Phi) is 3.47. The molecule has 148 valence electrons. The first-order valence-corrected chi connectivity index (χ1v) is 10.2. The van der Waals surface area contributed by atoms with Gasteiger partial charge in [0.1, 0.15) is 11.4 Å². The number of nitroso groups, excluding NO2 is 1. The van der Waals surface area contributed by atoms with Crippen molar-refractivity contribution in [3.05, 3.63) is 63.8 Å². The quantitative estimate of drug-likeness (QED) is 0.448. The summed E-state index contributed by atoms with van der Waals surface area (Å²) < 4.78 is 28.1. The van der Waals surface area contributed by atoms with Crippen molar-refractivity contribution in [1.82, 2.24) is 4.57 Å². The van der Waals surface area contributed by atoms with Crippen LogP contribution < -0.4 is 9.47 Å². The number of hydrogen-bond acceptors (Lipinski definition) is 5. The van der Waals surface area contributed by atoms with Crippen LogP contribution in [0.3, 0.4) is 0 Å². The van der Waals surface area contributed by atoms with E-state index in [9.17, 15) is 14.1 Å². The van der Waals surface area contributed by atoms with Crippen LogP contribution in [0.15, 0.2) is 41.9 Å². The van der Waals surface area contributed by atoms with E-state index in [1.165, 1.54) is 23.5 Å². The van der Waals surface area contributed by atoms with Gasteiger partial charge in [0.15, 0.2) is 11.5 Å². The van der Waals surface area contributed by atoms with Crippen LogP contribution in [0.4, 0.5) is 4.39 Å². The first kappa shape index (κ1) is 17.3. The maximum atomic E-state index is 13.9. The van der Waals surface area contributed by atoms with Crippen LogP contribution >= 0.6 is 11.3 Å². The van der Waals surface area contributed by atoms with Gasteiger partial charge in [0.2, 0.25) is 13.3 Å². The SMILES string of the molecule is Cn1cc(C2=C(c3csc4ccc(F)cc34)C[N+](=O)C2=O)c2cc3c(cc21)OCO3. The molecule has 6 nitrogen and oxygen atoms in total. The first-order chi connectivity index (χ1) is 14.5. The zero-order chi connectivity index (χ0) is 20.6. The third kappa shape index (κ3) is 2.31.